The van der Waals surface area contributed by atoms with E-state index in [2.05, 4.69) is 13.0 Å². The summed E-state index contributed by atoms with van der Waals surface area (Å²) in [7, 11) is 0. The first-order valence-electron chi connectivity index (χ1n) is 7.67. The van der Waals surface area contributed by atoms with Gasteiger partial charge in [0.15, 0.2) is 11.6 Å². The molecule has 0 saturated heterocycles. The zero-order valence-electron chi connectivity index (χ0n) is 12.2. The van der Waals surface area contributed by atoms with E-state index in [4.69, 9.17) is 11.6 Å². The van der Waals surface area contributed by atoms with Crippen molar-refractivity contribution in [1.82, 2.24) is 0 Å². The Balaban J connectivity index is 1.92. The maximum Gasteiger partial charge on any atom is 0.167 e. The zero-order chi connectivity index (χ0) is 15.0. The number of Topliss-reactive ketones (excluding diaryl/α,β-unsaturated/α-hetero) is 2. The summed E-state index contributed by atoms with van der Waals surface area (Å²) in [6.07, 6.45) is 6.97. The Kier molecular flexibility index (Phi) is 3.99. The van der Waals surface area contributed by atoms with Crippen molar-refractivity contribution < 1.29 is 9.59 Å². The summed E-state index contributed by atoms with van der Waals surface area (Å²) in [4.78, 5) is 25.3. The summed E-state index contributed by atoms with van der Waals surface area (Å²) >= 11 is 5.97. The van der Waals surface area contributed by atoms with Gasteiger partial charge in [0, 0.05) is 28.0 Å². The summed E-state index contributed by atoms with van der Waals surface area (Å²) in [5.74, 6) is -0.145. The number of allylic oxidation sites excluding steroid dienone is 2. The topological polar surface area (TPSA) is 34.1 Å². The van der Waals surface area contributed by atoms with Crippen LogP contribution in [0.4, 0.5) is 0 Å². The molecule has 0 bridgehead atoms. The normalized spacial score (nSPS) is 24.4. The van der Waals surface area contributed by atoms with Crippen molar-refractivity contribution in [3.8, 4) is 0 Å². The Bertz CT molecular complexity index is 630. The molecule has 0 radical (unpaired) electrons. The molecule has 2 unspecified atom stereocenters. The summed E-state index contributed by atoms with van der Waals surface area (Å²) in [5, 5.41) is 0.517. The maximum absolute atomic E-state index is 12.7. The quantitative estimate of drug-likeness (QED) is 0.747. The van der Waals surface area contributed by atoms with E-state index in [1.165, 1.54) is 5.57 Å². The third kappa shape index (κ3) is 2.57. The molecular weight excluding hydrogens is 284 g/mol. The van der Waals surface area contributed by atoms with Crippen LogP contribution in [0.3, 0.4) is 0 Å². The number of halogens is 1. The van der Waals surface area contributed by atoms with Crippen molar-refractivity contribution in [2.75, 3.05) is 0 Å². The van der Waals surface area contributed by atoms with Gasteiger partial charge in [0.05, 0.1) is 0 Å². The van der Waals surface area contributed by atoms with Gasteiger partial charge < -0.3 is 0 Å². The van der Waals surface area contributed by atoms with Crippen LogP contribution in [0, 0.1) is 11.8 Å². The minimum atomic E-state index is -0.186. The van der Waals surface area contributed by atoms with Crippen molar-refractivity contribution in [3.63, 3.8) is 0 Å². The molecule has 0 amide bonds. The molecule has 2 nitrogen and oxygen atoms in total. The Morgan fingerprint density at radius 3 is 2.67 bits per heavy atom. The largest absolute Gasteiger partial charge is 0.294 e. The molecule has 3 rings (SSSR count). The van der Waals surface area contributed by atoms with Crippen LogP contribution in [0.15, 0.2) is 29.8 Å². The lowest BCUT2D eigenvalue weighted by Gasteiger charge is -2.34. The smallest absolute Gasteiger partial charge is 0.167 e. The third-order valence-electron chi connectivity index (χ3n) is 4.67. The molecule has 2 aliphatic rings. The molecular formula is C18H19ClO2. The summed E-state index contributed by atoms with van der Waals surface area (Å²) < 4.78 is 0. The highest BCUT2D eigenvalue weighted by Crippen LogP contribution is 2.40. The number of rotatable bonds is 3. The van der Waals surface area contributed by atoms with Crippen molar-refractivity contribution in [2.24, 2.45) is 11.8 Å². The minimum Gasteiger partial charge on any atom is -0.294 e. The van der Waals surface area contributed by atoms with E-state index < -0.39 is 0 Å². The summed E-state index contributed by atoms with van der Waals surface area (Å²) in [6.45, 7) is 2.17. The summed E-state index contributed by atoms with van der Waals surface area (Å²) in [5.41, 5.74) is 2.42. The van der Waals surface area contributed by atoms with Gasteiger partial charge >= 0.3 is 0 Å². The van der Waals surface area contributed by atoms with Crippen LogP contribution in [-0.4, -0.2) is 11.6 Å². The highest BCUT2D eigenvalue weighted by Gasteiger charge is 2.42. The van der Waals surface area contributed by atoms with E-state index >= 15 is 0 Å². The number of hydrogen-bond acceptors (Lipinski definition) is 2. The summed E-state index contributed by atoms with van der Waals surface area (Å²) in [6, 6.07) is 5.05. The van der Waals surface area contributed by atoms with Crippen LogP contribution in [0.2, 0.25) is 5.02 Å². The predicted molar refractivity (Wildman–Crippen MR) is 83.9 cm³/mol. The number of hydrogen-bond donors (Lipinski definition) is 0. The molecule has 0 aliphatic heterocycles. The second-order valence-corrected chi connectivity index (χ2v) is 6.47. The second-order valence-electron chi connectivity index (χ2n) is 6.04. The van der Waals surface area contributed by atoms with E-state index in [1.807, 2.05) is 0 Å². The lowest BCUT2D eigenvalue weighted by atomic mass is 9.67. The van der Waals surface area contributed by atoms with Gasteiger partial charge in [-0.25, -0.2) is 0 Å². The fourth-order valence-electron chi connectivity index (χ4n) is 3.47. The number of fused-ring (bicyclic) bond motifs is 2. The lowest BCUT2D eigenvalue weighted by molar-refractivity contribution is 0.0724. The highest BCUT2D eigenvalue weighted by molar-refractivity contribution is 6.31. The standard InChI is InChI=1S/C18H19ClO2/c1-2-3-4-11-5-7-13-15(9-11)17(20)14-8-6-12(19)10-16(14)18(13)21/h5-6,8,10,13,15H,2-4,7,9H2,1H3. The van der Waals surface area contributed by atoms with Crippen LogP contribution in [-0.2, 0) is 0 Å². The van der Waals surface area contributed by atoms with Crippen LogP contribution in [0.1, 0.15) is 59.7 Å². The van der Waals surface area contributed by atoms with Gasteiger partial charge in [-0.3, -0.25) is 9.59 Å². The molecule has 0 fully saturated rings. The van der Waals surface area contributed by atoms with Crippen LogP contribution >= 0.6 is 11.6 Å². The number of carbonyl (C=O) groups excluding carboxylic acids is 2. The predicted octanol–water partition coefficient (Wildman–Crippen LogP) is 4.86. The lowest BCUT2D eigenvalue weighted by Crippen LogP contribution is -2.38. The van der Waals surface area contributed by atoms with Gasteiger partial charge in [-0.05, 0) is 43.9 Å². The number of benzene rings is 1. The zero-order valence-corrected chi connectivity index (χ0v) is 13.0. The van der Waals surface area contributed by atoms with Gasteiger partial charge in [-0.1, -0.05) is 36.6 Å². The van der Waals surface area contributed by atoms with Crippen molar-refractivity contribution >= 4 is 23.2 Å². The second kappa shape index (κ2) is 5.76. The SMILES string of the molecule is CCCCC1=CCC2C(=O)c3cc(Cl)ccc3C(=O)C2C1. The molecule has 0 aromatic heterocycles. The third-order valence-corrected chi connectivity index (χ3v) is 4.90. The molecule has 2 aliphatic carbocycles. The van der Waals surface area contributed by atoms with Gasteiger partial charge in [0.1, 0.15) is 0 Å². The maximum atomic E-state index is 12.7. The Labute approximate surface area is 130 Å². The molecule has 110 valence electrons. The Morgan fingerprint density at radius 1 is 1.14 bits per heavy atom. The van der Waals surface area contributed by atoms with Crippen molar-refractivity contribution in [2.45, 2.75) is 39.0 Å². The Hall–Kier alpha value is -1.41. The van der Waals surface area contributed by atoms with Gasteiger partial charge in [0.25, 0.3) is 0 Å². The van der Waals surface area contributed by atoms with E-state index in [-0.39, 0.29) is 23.4 Å². The van der Waals surface area contributed by atoms with E-state index in [0.717, 1.165) is 25.7 Å². The average Bonchev–Trinajstić information content (AvgIpc) is 2.50. The van der Waals surface area contributed by atoms with Crippen LogP contribution in [0.5, 0.6) is 0 Å². The number of unbranched alkanes of at least 4 members (excludes halogenated alkanes) is 1. The molecule has 21 heavy (non-hydrogen) atoms. The fourth-order valence-corrected chi connectivity index (χ4v) is 3.65. The molecule has 0 N–H and O–H groups in total. The molecule has 0 saturated carbocycles. The van der Waals surface area contributed by atoms with Crippen LogP contribution < -0.4 is 0 Å². The molecule has 2 atom stereocenters. The van der Waals surface area contributed by atoms with Crippen molar-refractivity contribution in [1.29, 1.82) is 0 Å². The van der Waals surface area contributed by atoms with Crippen molar-refractivity contribution in [3.05, 3.63) is 46.0 Å². The molecule has 0 spiro atoms. The first-order chi connectivity index (χ1) is 10.1. The van der Waals surface area contributed by atoms with Gasteiger partial charge in [-0.2, -0.15) is 0 Å². The van der Waals surface area contributed by atoms with Gasteiger partial charge in [-0.15, -0.1) is 0 Å². The highest BCUT2D eigenvalue weighted by atomic mass is 35.5. The molecule has 1 aromatic rings. The molecule has 0 heterocycles. The first kappa shape index (κ1) is 14.5. The first-order valence-corrected chi connectivity index (χ1v) is 8.05. The van der Waals surface area contributed by atoms with Crippen LogP contribution in [0.25, 0.3) is 0 Å². The number of ketones is 2. The van der Waals surface area contributed by atoms with E-state index in [0.29, 0.717) is 22.6 Å². The number of carbonyl (C=O) groups is 2. The Morgan fingerprint density at radius 2 is 1.90 bits per heavy atom. The fraction of sp³-hybridized carbons (Fsp3) is 0.444. The average molecular weight is 303 g/mol. The monoisotopic (exact) mass is 302 g/mol. The minimum absolute atomic E-state index is 0.0860. The van der Waals surface area contributed by atoms with E-state index in [9.17, 15) is 9.59 Å². The van der Waals surface area contributed by atoms with Gasteiger partial charge in [0.2, 0.25) is 0 Å². The molecule has 1 aromatic carbocycles. The van der Waals surface area contributed by atoms with E-state index in [1.54, 1.807) is 18.2 Å². The molecule has 3 heteroatoms.